The van der Waals surface area contributed by atoms with Gasteiger partial charge in [-0.25, -0.2) is 0 Å². The topological polar surface area (TPSA) is 57.4 Å². The molecule has 0 unspecified atom stereocenters. The van der Waals surface area contributed by atoms with Crippen LogP contribution in [0.1, 0.15) is 11.1 Å². The van der Waals surface area contributed by atoms with Gasteiger partial charge in [0, 0.05) is 38.2 Å². The van der Waals surface area contributed by atoms with Crippen molar-refractivity contribution in [2.75, 3.05) is 0 Å². The highest BCUT2D eigenvalue weighted by molar-refractivity contribution is 6.12. The number of fused-ring (bicyclic) bond motifs is 6. The van der Waals surface area contributed by atoms with Crippen LogP contribution in [0.25, 0.3) is 88.4 Å². The van der Waals surface area contributed by atoms with Crippen LogP contribution in [0.2, 0.25) is 0 Å². The minimum absolute atomic E-state index is 0.582. The van der Waals surface area contributed by atoms with Gasteiger partial charge in [0.15, 0.2) is 0 Å². The lowest BCUT2D eigenvalue weighted by molar-refractivity contribution is 1.17. The molecule has 2 aromatic heterocycles. The van der Waals surface area contributed by atoms with Crippen molar-refractivity contribution in [2.45, 2.75) is 0 Å². The molecule has 0 bridgehead atoms. The fraction of sp³-hybridized carbons (Fsp3) is 0. The lowest BCUT2D eigenvalue weighted by atomic mass is 9.92. The average molecular weight is 687 g/mol. The highest BCUT2D eigenvalue weighted by Crippen LogP contribution is 2.44. The standard InChI is InChI=1S/C50H30N4/c51-31-33-22-25-48-43(28-33)44-29-34(32-52)23-26-49(44)53(48)47-27-24-37(30-42(47)36-14-5-2-6-15-36)39-19-11-18-38(35-12-3-1-4-13-35)50(39)54-45-20-9-7-16-40(45)41-17-8-10-21-46(41)54/h1-30H. The Labute approximate surface area is 312 Å². The second-order valence-electron chi connectivity index (χ2n) is 13.6. The predicted octanol–water partition coefficient (Wildman–Crippen LogP) is 12.6. The smallest absolute Gasteiger partial charge is 0.0991 e. The molecule has 54 heavy (non-hydrogen) atoms. The van der Waals surface area contributed by atoms with Crippen LogP contribution in [0.3, 0.4) is 0 Å². The number of aromatic nitrogens is 2. The highest BCUT2D eigenvalue weighted by atomic mass is 15.0. The zero-order valence-corrected chi connectivity index (χ0v) is 29.1. The molecule has 250 valence electrons. The number of hydrogen-bond donors (Lipinski definition) is 0. The van der Waals surface area contributed by atoms with Crippen molar-refractivity contribution < 1.29 is 0 Å². The summed E-state index contributed by atoms with van der Waals surface area (Å²) in [4.78, 5) is 0. The molecule has 4 heteroatoms. The molecular weight excluding hydrogens is 657 g/mol. The zero-order chi connectivity index (χ0) is 36.2. The molecular formula is C50H30N4. The average Bonchev–Trinajstić information content (AvgIpc) is 3.75. The van der Waals surface area contributed by atoms with E-state index in [1.54, 1.807) is 0 Å². The Morgan fingerprint density at radius 1 is 0.333 bits per heavy atom. The second-order valence-corrected chi connectivity index (χ2v) is 13.6. The SMILES string of the molecule is N#Cc1ccc2c(c1)c1cc(C#N)ccc1n2-c1ccc(-c2cccc(-c3ccccc3)c2-n2c3ccccc3c3ccccc32)cc1-c1ccccc1. The molecule has 8 aromatic carbocycles. The van der Waals surface area contributed by atoms with Crippen molar-refractivity contribution in [3.8, 4) is 56.9 Å². The monoisotopic (exact) mass is 686 g/mol. The Morgan fingerprint density at radius 3 is 1.37 bits per heavy atom. The van der Waals surface area contributed by atoms with Crippen LogP contribution in [0.4, 0.5) is 0 Å². The number of rotatable bonds is 5. The first-order valence-corrected chi connectivity index (χ1v) is 18.0. The third kappa shape index (κ3) is 4.83. The molecule has 2 heterocycles. The van der Waals surface area contributed by atoms with Crippen LogP contribution < -0.4 is 0 Å². The van der Waals surface area contributed by atoms with Crippen molar-refractivity contribution in [2.24, 2.45) is 0 Å². The summed E-state index contributed by atoms with van der Waals surface area (Å²) in [6.07, 6.45) is 0. The van der Waals surface area contributed by atoms with Gasteiger partial charge < -0.3 is 9.13 Å². The number of benzene rings is 8. The van der Waals surface area contributed by atoms with E-state index in [9.17, 15) is 10.5 Å². The van der Waals surface area contributed by atoms with E-state index in [-0.39, 0.29) is 0 Å². The number of nitriles is 2. The third-order valence-electron chi connectivity index (χ3n) is 10.6. The Balaban J connectivity index is 1.30. The van der Waals surface area contributed by atoms with E-state index in [0.29, 0.717) is 11.1 Å². The van der Waals surface area contributed by atoms with Crippen LogP contribution in [0.5, 0.6) is 0 Å². The maximum atomic E-state index is 9.81. The lowest BCUT2D eigenvalue weighted by Crippen LogP contribution is -2.02. The molecule has 0 fully saturated rings. The first kappa shape index (κ1) is 31.1. The van der Waals surface area contributed by atoms with Gasteiger partial charge in [-0.1, -0.05) is 121 Å². The number of hydrogen-bond acceptors (Lipinski definition) is 2. The Hall–Kier alpha value is -7.66. The summed E-state index contributed by atoms with van der Waals surface area (Å²) >= 11 is 0. The van der Waals surface area contributed by atoms with Crippen LogP contribution in [-0.4, -0.2) is 9.13 Å². The van der Waals surface area contributed by atoms with Gasteiger partial charge in [0.2, 0.25) is 0 Å². The van der Waals surface area contributed by atoms with Gasteiger partial charge in [-0.05, 0) is 77.4 Å². The Bertz CT molecular complexity index is 3050. The van der Waals surface area contributed by atoms with E-state index < -0.39 is 0 Å². The minimum atomic E-state index is 0.582. The summed E-state index contributed by atoms with van der Waals surface area (Å²) < 4.78 is 4.71. The molecule has 0 saturated heterocycles. The fourth-order valence-corrected chi connectivity index (χ4v) is 8.20. The number of nitrogens with zero attached hydrogens (tertiary/aromatic N) is 4. The van der Waals surface area contributed by atoms with Gasteiger partial charge in [-0.2, -0.15) is 10.5 Å². The van der Waals surface area contributed by atoms with E-state index >= 15 is 0 Å². The van der Waals surface area contributed by atoms with Gasteiger partial charge in [-0.15, -0.1) is 0 Å². The molecule has 0 saturated carbocycles. The molecule has 0 spiro atoms. The van der Waals surface area contributed by atoms with Crippen LogP contribution in [0, 0.1) is 22.7 Å². The summed E-state index contributed by atoms with van der Waals surface area (Å²) in [5.74, 6) is 0. The van der Waals surface area contributed by atoms with E-state index in [1.807, 2.05) is 42.5 Å². The molecule has 0 atom stereocenters. The molecule has 0 N–H and O–H groups in total. The molecule has 0 amide bonds. The summed E-state index contributed by atoms with van der Waals surface area (Å²) in [7, 11) is 0. The van der Waals surface area contributed by atoms with Crippen molar-refractivity contribution in [3.05, 3.63) is 193 Å². The molecule has 0 aliphatic carbocycles. The molecule has 4 nitrogen and oxygen atoms in total. The summed E-state index contributed by atoms with van der Waals surface area (Å²) in [6, 6.07) is 68.1. The Kier molecular flexibility index (Phi) is 7.22. The first-order valence-electron chi connectivity index (χ1n) is 18.0. The Morgan fingerprint density at radius 2 is 0.815 bits per heavy atom. The van der Waals surface area contributed by atoms with Crippen molar-refractivity contribution in [1.82, 2.24) is 9.13 Å². The van der Waals surface area contributed by atoms with E-state index in [4.69, 9.17) is 0 Å². The number of para-hydroxylation sites is 3. The van der Waals surface area contributed by atoms with Crippen molar-refractivity contribution >= 4 is 43.6 Å². The summed E-state index contributed by atoms with van der Waals surface area (Å²) in [5, 5.41) is 23.9. The van der Waals surface area contributed by atoms with E-state index in [2.05, 4.69) is 161 Å². The third-order valence-corrected chi connectivity index (χ3v) is 10.6. The quantitative estimate of drug-likeness (QED) is 0.181. The van der Waals surface area contributed by atoms with Crippen LogP contribution >= 0.6 is 0 Å². The van der Waals surface area contributed by atoms with E-state index in [0.717, 1.165) is 77.6 Å². The predicted molar refractivity (Wildman–Crippen MR) is 221 cm³/mol. The van der Waals surface area contributed by atoms with Crippen molar-refractivity contribution in [3.63, 3.8) is 0 Å². The minimum Gasteiger partial charge on any atom is -0.309 e. The van der Waals surface area contributed by atoms with Crippen molar-refractivity contribution in [1.29, 1.82) is 10.5 Å². The molecule has 0 aliphatic heterocycles. The lowest BCUT2D eigenvalue weighted by Gasteiger charge is -2.21. The van der Waals surface area contributed by atoms with Gasteiger partial charge in [0.1, 0.15) is 0 Å². The van der Waals surface area contributed by atoms with Crippen LogP contribution in [0.15, 0.2) is 182 Å². The summed E-state index contributed by atoms with van der Waals surface area (Å²) in [5.41, 5.74) is 14.2. The molecule has 0 aliphatic rings. The van der Waals surface area contributed by atoms with Gasteiger partial charge in [0.25, 0.3) is 0 Å². The molecule has 0 radical (unpaired) electrons. The largest absolute Gasteiger partial charge is 0.309 e. The highest BCUT2D eigenvalue weighted by Gasteiger charge is 2.22. The summed E-state index contributed by atoms with van der Waals surface area (Å²) in [6.45, 7) is 0. The normalized spacial score (nSPS) is 11.3. The van der Waals surface area contributed by atoms with E-state index in [1.165, 1.54) is 10.8 Å². The van der Waals surface area contributed by atoms with Gasteiger partial charge >= 0.3 is 0 Å². The molecule has 10 rings (SSSR count). The fourth-order valence-electron chi connectivity index (χ4n) is 8.20. The first-order chi connectivity index (χ1) is 26.7. The maximum absolute atomic E-state index is 9.81. The maximum Gasteiger partial charge on any atom is 0.0991 e. The van der Waals surface area contributed by atoms with Crippen LogP contribution in [-0.2, 0) is 0 Å². The molecule has 10 aromatic rings. The van der Waals surface area contributed by atoms with Gasteiger partial charge in [0.05, 0.1) is 56.7 Å². The van der Waals surface area contributed by atoms with Gasteiger partial charge in [-0.3, -0.25) is 0 Å². The zero-order valence-electron chi connectivity index (χ0n) is 29.1. The second kappa shape index (κ2) is 12.5.